The highest BCUT2D eigenvalue weighted by molar-refractivity contribution is 5.63. The minimum absolute atomic E-state index is 0.104. The van der Waals surface area contributed by atoms with Crippen LogP contribution in [0.1, 0.15) is 6.42 Å². The third-order valence-corrected chi connectivity index (χ3v) is 1.11. The lowest BCUT2D eigenvalue weighted by atomic mass is 10.0. The van der Waals surface area contributed by atoms with Crippen LogP contribution in [0.3, 0.4) is 0 Å². The molecule has 0 saturated heterocycles. The molecule has 0 bridgehead atoms. The van der Waals surface area contributed by atoms with Crippen molar-refractivity contribution in [1.29, 1.82) is 0 Å². The number of carbonyl (C=O) groups excluding carboxylic acids is 1. The molecule has 1 atom stereocenters. The van der Waals surface area contributed by atoms with E-state index in [1.54, 1.807) is 0 Å². The second kappa shape index (κ2) is 3.55. The van der Waals surface area contributed by atoms with E-state index in [2.05, 4.69) is 0 Å². The number of aliphatic hydroxyl groups excluding tert-OH is 2. The van der Waals surface area contributed by atoms with Crippen LogP contribution in [0, 0.1) is 0 Å². The summed E-state index contributed by atoms with van der Waals surface area (Å²) < 4.78 is 0. The molecule has 0 aliphatic carbocycles. The van der Waals surface area contributed by atoms with E-state index in [1.807, 2.05) is 0 Å². The average Bonchev–Trinajstić information content (AvgIpc) is 1.89. The van der Waals surface area contributed by atoms with Crippen LogP contribution in [0.2, 0.25) is 0 Å². The maximum absolute atomic E-state index is 10.1. The van der Waals surface area contributed by atoms with Crippen molar-refractivity contribution in [2.45, 2.75) is 12.0 Å². The third-order valence-electron chi connectivity index (χ3n) is 1.11. The molecule has 0 aliphatic rings. The monoisotopic (exact) mass is 133 g/mol. The van der Waals surface area contributed by atoms with Crippen LogP contribution >= 0.6 is 0 Å². The number of hydrogen-bond donors (Lipinski definition) is 3. The Morgan fingerprint density at radius 1 is 1.56 bits per heavy atom. The molecule has 1 unspecified atom stereocenters. The minimum atomic E-state index is -1.24. The first-order valence-electron chi connectivity index (χ1n) is 2.65. The van der Waals surface area contributed by atoms with Crippen molar-refractivity contribution >= 4 is 6.29 Å². The van der Waals surface area contributed by atoms with Gasteiger partial charge in [-0.05, 0) is 6.42 Å². The van der Waals surface area contributed by atoms with Crippen molar-refractivity contribution in [2.24, 2.45) is 5.73 Å². The van der Waals surface area contributed by atoms with E-state index in [9.17, 15) is 4.79 Å². The summed E-state index contributed by atoms with van der Waals surface area (Å²) in [6.07, 6.45) is 0.552. The van der Waals surface area contributed by atoms with E-state index in [0.29, 0.717) is 6.29 Å². The van der Waals surface area contributed by atoms with Gasteiger partial charge in [0, 0.05) is 6.61 Å². The van der Waals surface area contributed by atoms with Gasteiger partial charge in [-0.3, -0.25) is 0 Å². The SMILES string of the molecule is NC(C=O)(CO)CCO. The molecule has 0 amide bonds. The highest BCUT2D eigenvalue weighted by Gasteiger charge is 2.21. The predicted octanol–water partition coefficient (Wildman–Crippen LogP) is -1.74. The standard InChI is InChI=1S/C5H11NO3/c6-5(3-8,4-9)1-2-7/h3,7,9H,1-2,4,6H2. The lowest BCUT2D eigenvalue weighted by Crippen LogP contribution is -2.46. The fourth-order valence-electron chi connectivity index (χ4n) is 0.383. The summed E-state index contributed by atoms with van der Waals surface area (Å²) in [4.78, 5) is 10.1. The van der Waals surface area contributed by atoms with E-state index >= 15 is 0 Å². The second-order valence-corrected chi connectivity index (χ2v) is 1.98. The Labute approximate surface area is 53.3 Å². The molecule has 0 saturated carbocycles. The maximum Gasteiger partial charge on any atom is 0.142 e. The van der Waals surface area contributed by atoms with Gasteiger partial charge in [-0.25, -0.2) is 0 Å². The maximum atomic E-state index is 10.1. The number of carbonyl (C=O) groups is 1. The molecule has 4 nitrogen and oxygen atoms in total. The summed E-state index contributed by atoms with van der Waals surface area (Å²) in [5, 5.41) is 16.8. The van der Waals surface area contributed by atoms with Gasteiger partial charge < -0.3 is 20.7 Å². The van der Waals surface area contributed by atoms with Crippen molar-refractivity contribution in [3.8, 4) is 0 Å². The third kappa shape index (κ3) is 2.55. The van der Waals surface area contributed by atoms with Gasteiger partial charge in [-0.2, -0.15) is 0 Å². The normalized spacial score (nSPS) is 16.8. The molecule has 0 fully saturated rings. The molecule has 0 heterocycles. The molecule has 4 N–H and O–H groups in total. The quantitative estimate of drug-likeness (QED) is 0.397. The van der Waals surface area contributed by atoms with E-state index < -0.39 is 12.1 Å². The molecule has 0 radical (unpaired) electrons. The van der Waals surface area contributed by atoms with Gasteiger partial charge in [-0.1, -0.05) is 0 Å². The lowest BCUT2D eigenvalue weighted by Gasteiger charge is -2.17. The van der Waals surface area contributed by atoms with Gasteiger partial charge in [0.05, 0.1) is 12.1 Å². The molecule has 0 aliphatic heterocycles. The number of aldehydes is 1. The molecule has 0 aromatic carbocycles. The Hall–Kier alpha value is -0.450. The molecule has 54 valence electrons. The van der Waals surface area contributed by atoms with Crippen molar-refractivity contribution in [3.63, 3.8) is 0 Å². The van der Waals surface area contributed by atoms with E-state index in [-0.39, 0.29) is 13.0 Å². The Kier molecular flexibility index (Phi) is 3.37. The summed E-state index contributed by atoms with van der Waals surface area (Å²) in [6.45, 7) is -0.604. The van der Waals surface area contributed by atoms with Gasteiger partial charge in [0.15, 0.2) is 0 Å². The van der Waals surface area contributed by atoms with Gasteiger partial charge in [0.1, 0.15) is 6.29 Å². The molecule has 9 heavy (non-hydrogen) atoms. The first-order valence-corrected chi connectivity index (χ1v) is 2.65. The highest BCUT2D eigenvalue weighted by Crippen LogP contribution is 1.99. The summed E-state index contributed by atoms with van der Waals surface area (Å²) in [6, 6.07) is 0. The smallest absolute Gasteiger partial charge is 0.142 e. The molecule has 0 spiro atoms. The van der Waals surface area contributed by atoms with Crippen LogP contribution in [-0.4, -0.2) is 35.3 Å². The average molecular weight is 133 g/mol. The Morgan fingerprint density at radius 3 is 2.22 bits per heavy atom. The van der Waals surface area contributed by atoms with Crippen LogP contribution < -0.4 is 5.73 Å². The number of aliphatic hydroxyl groups is 2. The van der Waals surface area contributed by atoms with Crippen LogP contribution in [-0.2, 0) is 4.79 Å². The van der Waals surface area contributed by atoms with Crippen molar-refractivity contribution in [2.75, 3.05) is 13.2 Å². The zero-order chi connectivity index (χ0) is 7.33. The van der Waals surface area contributed by atoms with Crippen molar-refractivity contribution in [1.82, 2.24) is 0 Å². The predicted molar refractivity (Wildman–Crippen MR) is 31.8 cm³/mol. The number of hydrogen-bond acceptors (Lipinski definition) is 4. The molecule has 0 aromatic heterocycles. The fraction of sp³-hybridized carbons (Fsp3) is 0.800. The zero-order valence-electron chi connectivity index (χ0n) is 5.08. The van der Waals surface area contributed by atoms with Crippen molar-refractivity contribution in [3.05, 3.63) is 0 Å². The Bertz CT molecular complexity index is 96.2. The Balaban J connectivity index is 3.76. The van der Waals surface area contributed by atoms with Crippen LogP contribution in [0.4, 0.5) is 0 Å². The molecule has 0 rings (SSSR count). The van der Waals surface area contributed by atoms with E-state index in [0.717, 1.165) is 0 Å². The van der Waals surface area contributed by atoms with Gasteiger partial charge in [0.2, 0.25) is 0 Å². The van der Waals surface area contributed by atoms with Crippen LogP contribution in [0.5, 0.6) is 0 Å². The molecule has 4 heteroatoms. The highest BCUT2D eigenvalue weighted by atomic mass is 16.3. The van der Waals surface area contributed by atoms with E-state index in [1.165, 1.54) is 0 Å². The number of rotatable bonds is 4. The van der Waals surface area contributed by atoms with Crippen LogP contribution in [0.25, 0.3) is 0 Å². The van der Waals surface area contributed by atoms with Crippen LogP contribution in [0.15, 0.2) is 0 Å². The van der Waals surface area contributed by atoms with Gasteiger partial charge >= 0.3 is 0 Å². The number of nitrogens with two attached hydrogens (primary N) is 1. The first kappa shape index (κ1) is 8.55. The molecular weight excluding hydrogens is 122 g/mol. The first-order chi connectivity index (χ1) is 4.18. The van der Waals surface area contributed by atoms with Gasteiger partial charge in [-0.15, -0.1) is 0 Å². The fourth-order valence-corrected chi connectivity index (χ4v) is 0.383. The van der Waals surface area contributed by atoms with Gasteiger partial charge in [0.25, 0.3) is 0 Å². The summed E-state index contributed by atoms with van der Waals surface area (Å²) >= 11 is 0. The molecular formula is C5H11NO3. The Morgan fingerprint density at radius 2 is 2.11 bits per heavy atom. The zero-order valence-corrected chi connectivity index (χ0v) is 5.08. The topological polar surface area (TPSA) is 83.6 Å². The largest absolute Gasteiger partial charge is 0.396 e. The second-order valence-electron chi connectivity index (χ2n) is 1.98. The van der Waals surface area contributed by atoms with E-state index in [4.69, 9.17) is 15.9 Å². The lowest BCUT2D eigenvalue weighted by molar-refractivity contribution is -0.114. The minimum Gasteiger partial charge on any atom is -0.396 e. The molecule has 0 aromatic rings. The summed E-state index contributed by atoms with van der Waals surface area (Å²) in [7, 11) is 0. The van der Waals surface area contributed by atoms with Crippen molar-refractivity contribution < 1.29 is 15.0 Å². The summed E-state index contributed by atoms with van der Waals surface area (Å²) in [5.41, 5.74) is 3.99. The summed E-state index contributed by atoms with van der Waals surface area (Å²) in [5.74, 6) is 0.